The largest absolute Gasteiger partial charge is 0.388 e. The molecule has 112 valence electrons. The summed E-state index contributed by atoms with van der Waals surface area (Å²) in [4.78, 5) is 0. The van der Waals surface area contributed by atoms with Gasteiger partial charge in [-0.2, -0.15) is 0 Å². The van der Waals surface area contributed by atoms with Crippen LogP contribution in [0, 0.1) is 0 Å². The fraction of sp³-hybridized carbons (Fsp3) is 0.200. The Hall–Kier alpha value is -2.16. The summed E-state index contributed by atoms with van der Waals surface area (Å²) in [5.74, 6) is 0.0250. The van der Waals surface area contributed by atoms with E-state index in [2.05, 4.69) is 35.6 Å². The Bertz CT molecular complexity index is 734. The second-order valence-corrected chi connectivity index (χ2v) is 5.59. The van der Waals surface area contributed by atoms with Gasteiger partial charge in [-0.25, -0.2) is 0 Å². The van der Waals surface area contributed by atoms with Crippen molar-refractivity contribution in [3.05, 3.63) is 83.9 Å². The van der Waals surface area contributed by atoms with Gasteiger partial charge in [0, 0.05) is 12.5 Å². The van der Waals surface area contributed by atoms with Crippen molar-refractivity contribution in [3.8, 4) is 0 Å². The van der Waals surface area contributed by atoms with Crippen LogP contribution in [0.15, 0.2) is 72.8 Å². The van der Waals surface area contributed by atoms with E-state index < -0.39 is 6.10 Å². The van der Waals surface area contributed by atoms with Gasteiger partial charge in [0.1, 0.15) is 0 Å². The van der Waals surface area contributed by atoms with Crippen LogP contribution >= 0.6 is 0 Å². The van der Waals surface area contributed by atoms with Crippen LogP contribution < -0.4 is 5.32 Å². The Balaban J connectivity index is 2.04. The fourth-order valence-corrected chi connectivity index (χ4v) is 3.06. The lowest BCUT2D eigenvalue weighted by Crippen LogP contribution is -2.23. The molecule has 2 atom stereocenters. The van der Waals surface area contributed by atoms with Crippen molar-refractivity contribution < 1.29 is 5.11 Å². The van der Waals surface area contributed by atoms with Gasteiger partial charge in [0.15, 0.2) is 0 Å². The minimum atomic E-state index is -0.541. The number of hydrogen-bond acceptors (Lipinski definition) is 2. The predicted molar refractivity (Wildman–Crippen MR) is 92.0 cm³/mol. The number of aliphatic hydroxyl groups is 1. The standard InChI is InChI=1S/C20H21NO/c1-21-14-19(16-8-3-2-4-9-16)20(22)18-13-7-11-15-10-5-6-12-17(15)18/h2-13,19-22H,14H2,1H3/t19-,20+/m1/s1. The Labute approximate surface area is 131 Å². The molecule has 0 saturated heterocycles. The molecule has 2 nitrogen and oxygen atoms in total. The minimum absolute atomic E-state index is 0.0250. The highest BCUT2D eigenvalue weighted by Gasteiger charge is 2.23. The molecule has 2 heteroatoms. The fourth-order valence-electron chi connectivity index (χ4n) is 3.06. The van der Waals surface area contributed by atoms with E-state index in [1.165, 1.54) is 0 Å². The highest BCUT2D eigenvalue weighted by atomic mass is 16.3. The summed E-state index contributed by atoms with van der Waals surface area (Å²) in [6.45, 7) is 0.731. The summed E-state index contributed by atoms with van der Waals surface area (Å²) in [6, 6.07) is 24.5. The molecule has 0 aliphatic carbocycles. The molecule has 0 aliphatic rings. The second kappa shape index (κ2) is 6.73. The molecule has 22 heavy (non-hydrogen) atoms. The van der Waals surface area contributed by atoms with Crippen LogP contribution in [0.4, 0.5) is 0 Å². The molecule has 0 saturated carbocycles. The number of hydrogen-bond donors (Lipinski definition) is 2. The number of aliphatic hydroxyl groups excluding tert-OH is 1. The number of rotatable bonds is 5. The van der Waals surface area contributed by atoms with E-state index in [-0.39, 0.29) is 5.92 Å². The zero-order valence-electron chi connectivity index (χ0n) is 12.7. The molecule has 0 unspecified atom stereocenters. The average molecular weight is 291 g/mol. The van der Waals surface area contributed by atoms with Gasteiger partial charge in [0.05, 0.1) is 6.10 Å². The number of nitrogens with one attached hydrogen (secondary N) is 1. The van der Waals surface area contributed by atoms with Gasteiger partial charge in [-0.3, -0.25) is 0 Å². The van der Waals surface area contributed by atoms with Crippen molar-refractivity contribution >= 4 is 10.8 Å². The van der Waals surface area contributed by atoms with Gasteiger partial charge in [0.25, 0.3) is 0 Å². The molecule has 3 aromatic carbocycles. The Morgan fingerprint density at radius 2 is 1.55 bits per heavy atom. The van der Waals surface area contributed by atoms with Gasteiger partial charge in [-0.1, -0.05) is 72.8 Å². The van der Waals surface area contributed by atoms with Crippen LogP contribution in [0.25, 0.3) is 10.8 Å². The van der Waals surface area contributed by atoms with Crippen molar-refractivity contribution in [2.45, 2.75) is 12.0 Å². The summed E-state index contributed by atoms with van der Waals surface area (Å²) >= 11 is 0. The Morgan fingerprint density at radius 3 is 2.32 bits per heavy atom. The van der Waals surface area contributed by atoms with E-state index >= 15 is 0 Å². The average Bonchev–Trinajstić information content (AvgIpc) is 2.59. The molecule has 0 amide bonds. The topological polar surface area (TPSA) is 32.3 Å². The van der Waals surface area contributed by atoms with E-state index in [9.17, 15) is 5.11 Å². The minimum Gasteiger partial charge on any atom is -0.388 e. The van der Waals surface area contributed by atoms with Crippen LogP contribution in [0.5, 0.6) is 0 Å². The van der Waals surface area contributed by atoms with Crippen molar-refractivity contribution in [1.82, 2.24) is 5.32 Å². The van der Waals surface area contributed by atoms with Crippen molar-refractivity contribution in [2.75, 3.05) is 13.6 Å². The zero-order chi connectivity index (χ0) is 15.4. The van der Waals surface area contributed by atoms with Gasteiger partial charge < -0.3 is 10.4 Å². The lowest BCUT2D eigenvalue weighted by atomic mass is 9.87. The Morgan fingerprint density at radius 1 is 0.864 bits per heavy atom. The maximum atomic E-state index is 11.0. The summed E-state index contributed by atoms with van der Waals surface area (Å²) in [5.41, 5.74) is 2.14. The molecule has 0 heterocycles. The third-order valence-corrected chi connectivity index (χ3v) is 4.17. The molecule has 0 aromatic heterocycles. The van der Waals surface area contributed by atoms with Gasteiger partial charge in [-0.15, -0.1) is 0 Å². The first kappa shape index (κ1) is 14.8. The van der Waals surface area contributed by atoms with Gasteiger partial charge in [-0.05, 0) is 28.9 Å². The van der Waals surface area contributed by atoms with Crippen LogP contribution in [0.3, 0.4) is 0 Å². The third kappa shape index (κ3) is 2.89. The number of benzene rings is 3. The monoisotopic (exact) mass is 291 g/mol. The highest BCUT2D eigenvalue weighted by molar-refractivity contribution is 5.86. The first-order valence-corrected chi connectivity index (χ1v) is 7.66. The maximum absolute atomic E-state index is 11.0. The highest BCUT2D eigenvalue weighted by Crippen LogP contribution is 2.34. The molecule has 0 aliphatic heterocycles. The number of likely N-dealkylation sites (N-methyl/N-ethyl adjacent to an activating group) is 1. The molecule has 0 fully saturated rings. The maximum Gasteiger partial charge on any atom is 0.0876 e. The van der Waals surface area contributed by atoms with Crippen LogP contribution in [0.1, 0.15) is 23.1 Å². The van der Waals surface area contributed by atoms with Crippen molar-refractivity contribution in [3.63, 3.8) is 0 Å². The first-order valence-electron chi connectivity index (χ1n) is 7.66. The van der Waals surface area contributed by atoms with Crippen LogP contribution in [0.2, 0.25) is 0 Å². The zero-order valence-corrected chi connectivity index (χ0v) is 12.7. The molecule has 3 rings (SSSR count). The van der Waals surface area contributed by atoms with E-state index in [1.807, 2.05) is 49.5 Å². The first-order chi connectivity index (χ1) is 10.8. The predicted octanol–water partition coefficient (Wildman–Crippen LogP) is 3.88. The number of fused-ring (bicyclic) bond motifs is 1. The summed E-state index contributed by atoms with van der Waals surface area (Å²) in [6.07, 6.45) is -0.541. The van der Waals surface area contributed by atoms with Crippen LogP contribution in [-0.4, -0.2) is 18.7 Å². The molecule has 0 spiro atoms. The normalized spacial score (nSPS) is 13.9. The third-order valence-electron chi connectivity index (χ3n) is 4.17. The smallest absolute Gasteiger partial charge is 0.0876 e. The van der Waals surface area contributed by atoms with Gasteiger partial charge in [0.2, 0.25) is 0 Å². The second-order valence-electron chi connectivity index (χ2n) is 5.59. The summed E-state index contributed by atoms with van der Waals surface area (Å²) in [5, 5.41) is 16.5. The Kier molecular flexibility index (Phi) is 4.52. The molecule has 0 radical (unpaired) electrons. The lowest BCUT2D eigenvalue weighted by molar-refractivity contribution is 0.145. The van der Waals surface area contributed by atoms with Crippen molar-refractivity contribution in [1.29, 1.82) is 0 Å². The van der Waals surface area contributed by atoms with Crippen molar-refractivity contribution in [2.24, 2.45) is 0 Å². The SMILES string of the molecule is CNC[C@H](c1ccccc1)[C@@H](O)c1cccc2ccccc12. The quantitative estimate of drug-likeness (QED) is 0.748. The lowest BCUT2D eigenvalue weighted by Gasteiger charge is -2.24. The van der Waals surface area contributed by atoms with Gasteiger partial charge >= 0.3 is 0 Å². The van der Waals surface area contributed by atoms with E-state index in [0.717, 1.165) is 28.4 Å². The molecule has 0 bridgehead atoms. The summed E-state index contributed by atoms with van der Waals surface area (Å²) in [7, 11) is 1.92. The van der Waals surface area contributed by atoms with E-state index in [1.54, 1.807) is 0 Å². The molecule has 2 N–H and O–H groups in total. The van der Waals surface area contributed by atoms with E-state index in [4.69, 9.17) is 0 Å². The van der Waals surface area contributed by atoms with E-state index in [0.29, 0.717) is 0 Å². The molecular formula is C20H21NO. The molecular weight excluding hydrogens is 270 g/mol. The summed E-state index contributed by atoms with van der Waals surface area (Å²) < 4.78 is 0. The van der Waals surface area contributed by atoms with Crippen LogP contribution in [-0.2, 0) is 0 Å². The molecule has 3 aromatic rings.